The maximum Gasteiger partial charge on any atom is 0.336 e. The van der Waals surface area contributed by atoms with Gasteiger partial charge < -0.3 is 24.4 Å². The van der Waals surface area contributed by atoms with E-state index >= 15 is 0 Å². The molecule has 1 aromatic heterocycles. The van der Waals surface area contributed by atoms with Gasteiger partial charge in [-0.05, 0) is 30.5 Å². The molecule has 1 heterocycles. The van der Waals surface area contributed by atoms with Crippen LogP contribution in [-0.4, -0.2) is 24.5 Å². The first kappa shape index (κ1) is 19.5. The SMILES string of the molecule is CCCC[C@@H](NC(=O)COc1ccc2c(CC)cc(=O)oc2c1)C(=O)[O-]. The number of aliphatic carboxylic acids is 1. The quantitative estimate of drug-likeness (QED) is 0.672. The van der Waals surface area contributed by atoms with Gasteiger partial charge in [0.2, 0.25) is 0 Å². The molecule has 140 valence electrons. The van der Waals surface area contributed by atoms with Gasteiger partial charge in [0.25, 0.3) is 5.91 Å². The van der Waals surface area contributed by atoms with Crippen molar-refractivity contribution in [3.05, 3.63) is 40.2 Å². The number of carbonyl (C=O) groups excluding carboxylic acids is 2. The monoisotopic (exact) mass is 360 g/mol. The van der Waals surface area contributed by atoms with Crippen LogP contribution in [0.15, 0.2) is 33.5 Å². The summed E-state index contributed by atoms with van der Waals surface area (Å²) in [7, 11) is 0. The molecule has 0 aliphatic carbocycles. The van der Waals surface area contributed by atoms with Gasteiger partial charge in [-0.15, -0.1) is 0 Å². The van der Waals surface area contributed by atoms with Crippen molar-refractivity contribution in [1.29, 1.82) is 0 Å². The molecule has 2 rings (SSSR count). The Morgan fingerprint density at radius 3 is 2.69 bits per heavy atom. The largest absolute Gasteiger partial charge is 0.548 e. The number of carboxylic acid groups (broad SMARTS) is 1. The van der Waals surface area contributed by atoms with E-state index in [1.807, 2.05) is 13.8 Å². The molecule has 1 N–H and O–H groups in total. The highest BCUT2D eigenvalue weighted by Crippen LogP contribution is 2.23. The Balaban J connectivity index is 2.03. The second-order valence-corrected chi connectivity index (χ2v) is 5.97. The lowest BCUT2D eigenvalue weighted by Crippen LogP contribution is -2.49. The molecule has 0 fully saturated rings. The van der Waals surface area contributed by atoms with Gasteiger partial charge in [-0.2, -0.15) is 0 Å². The zero-order valence-corrected chi connectivity index (χ0v) is 14.9. The molecule has 26 heavy (non-hydrogen) atoms. The summed E-state index contributed by atoms with van der Waals surface area (Å²) in [6.45, 7) is 3.52. The van der Waals surface area contributed by atoms with Crippen LogP contribution < -0.4 is 20.8 Å². The Labute approximate surface area is 151 Å². The fraction of sp³-hybridized carbons (Fsp3) is 0.421. The van der Waals surface area contributed by atoms with Gasteiger partial charge in [0.1, 0.15) is 11.3 Å². The van der Waals surface area contributed by atoms with Crippen molar-refractivity contribution in [2.24, 2.45) is 0 Å². The number of carboxylic acids is 1. The molecule has 1 amide bonds. The van der Waals surface area contributed by atoms with Crippen LogP contribution in [0.1, 0.15) is 38.7 Å². The van der Waals surface area contributed by atoms with Crippen molar-refractivity contribution in [3.63, 3.8) is 0 Å². The van der Waals surface area contributed by atoms with Crippen LogP contribution in [0.3, 0.4) is 0 Å². The number of amides is 1. The van der Waals surface area contributed by atoms with E-state index in [0.29, 0.717) is 30.6 Å². The summed E-state index contributed by atoms with van der Waals surface area (Å²) < 4.78 is 10.6. The number of hydrogen-bond donors (Lipinski definition) is 1. The number of ether oxygens (including phenoxy) is 1. The summed E-state index contributed by atoms with van der Waals surface area (Å²) >= 11 is 0. The second kappa shape index (κ2) is 9.03. The van der Waals surface area contributed by atoms with Crippen LogP contribution in [0.2, 0.25) is 0 Å². The molecule has 0 bridgehead atoms. The lowest BCUT2D eigenvalue weighted by atomic mass is 10.1. The highest BCUT2D eigenvalue weighted by atomic mass is 16.5. The Kier molecular flexibility index (Phi) is 6.77. The van der Waals surface area contributed by atoms with Gasteiger partial charge in [-0.1, -0.05) is 26.7 Å². The zero-order valence-electron chi connectivity index (χ0n) is 14.9. The predicted molar refractivity (Wildman–Crippen MR) is 93.8 cm³/mol. The molecule has 0 radical (unpaired) electrons. The van der Waals surface area contributed by atoms with Crippen LogP contribution >= 0.6 is 0 Å². The van der Waals surface area contributed by atoms with Crippen LogP contribution in [0.25, 0.3) is 11.0 Å². The Morgan fingerprint density at radius 2 is 2.04 bits per heavy atom. The van der Waals surface area contributed by atoms with Crippen molar-refractivity contribution in [2.75, 3.05) is 6.61 Å². The second-order valence-electron chi connectivity index (χ2n) is 5.97. The fourth-order valence-electron chi connectivity index (χ4n) is 2.63. The molecular weight excluding hydrogens is 338 g/mol. The van der Waals surface area contributed by atoms with Crippen molar-refractivity contribution < 1.29 is 23.8 Å². The van der Waals surface area contributed by atoms with E-state index in [1.165, 1.54) is 12.1 Å². The van der Waals surface area contributed by atoms with E-state index < -0.39 is 23.5 Å². The Morgan fingerprint density at radius 1 is 1.27 bits per heavy atom. The Bertz CT molecular complexity index is 842. The van der Waals surface area contributed by atoms with Crippen LogP contribution in [0, 0.1) is 0 Å². The van der Waals surface area contributed by atoms with E-state index in [1.54, 1.807) is 12.1 Å². The molecule has 1 atom stereocenters. The highest BCUT2D eigenvalue weighted by molar-refractivity contribution is 5.84. The molecule has 0 unspecified atom stereocenters. The summed E-state index contributed by atoms with van der Waals surface area (Å²) in [4.78, 5) is 34.5. The minimum atomic E-state index is -1.31. The zero-order chi connectivity index (χ0) is 19.1. The number of fused-ring (bicyclic) bond motifs is 1. The van der Waals surface area contributed by atoms with Crippen molar-refractivity contribution in [2.45, 2.75) is 45.6 Å². The van der Waals surface area contributed by atoms with Crippen LogP contribution in [0.5, 0.6) is 5.75 Å². The molecule has 2 aromatic rings. The number of benzene rings is 1. The first-order chi connectivity index (χ1) is 12.4. The number of carbonyl (C=O) groups is 2. The number of rotatable bonds is 9. The normalized spacial score (nSPS) is 11.9. The molecule has 0 aliphatic rings. The lowest BCUT2D eigenvalue weighted by molar-refractivity contribution is -0.308. The highest BCUT2D eigenvalue weighted by Gasteiger charge is 2.14. The molecule has 0 aliphatic heterocycles. The van der Waals surface area contributed by atoms with Crippen LogP contribution in [0.4, 0.5) is 0 Å². The molecule has 1 aromatic carbocycles. The van der Waals surface area contributed by atoms with E-state index in [2.05, 4.69) is 5.32 Å². The number of aryl methyl sites for hydroxylation is 1. The molecule has 7 nitrogen and oxygen atoms in total. The number of unbranched alkanes of at least 4 members (excludes halogenated alkanes) is 1. The van der Waals surface area contributed by atoms with Crippen molar-refractivity contribution in [3.8, 4) is 5.75 Å². The molecule has 0 spiro atoms. The van der Waals surface area contributed by atoms with Crippen molar-refractivity contribution in [1.82, 2.24) is 5.32 Å². The Hall–Kier alpha value is -2.83. The first-order valence-corrected chi connectivity index (χ1v) is 8.64. The summed E-state index contributed by atoms with van der Waals surface area (Å²) in [5, 5.41) is 14.2. The van der Waals surface area contributed by atoms with Gasteiger partial charge >= 0.3 is 5.63 Å². The molecule has 0 saturated heterocycles. The first-order valence-electron chi connectivity index (χ1n) is 8.64. The topological polar surface area (TPSA) is 109 Å². The minimum Gasteiger partial charge on any atom is -0.548 e. The summed E-state index contributed by atoms with van der Waals surface area (Å²) in [6.07, 6.45) is 2.49. The summed E-state index contributed by atoms with van der Waals surface area (Å²) in [6, 6.07) is 5.38. The number of nitrogens with one attached hydrogen (secondary N) is 1. The third kappa shape index (κ3) is 5.08. The summed E-state index contributed by atoms with van der Waals surface area (Å²) in [5.41, 5.74) is 0.799. The summed E-state index contributed by atoms with van der Waals surface area (Å²) in [5.74, 6) is -1.52. The molecule has 0 saturated carbocycles. The maximum atomic E-state index is 11.9. The minimum absolute atomic E-state index is 0.311. The van der Waals surface area contributed by atoms with Crippen molar-refractivity contribution >= 4 is 22.8 Å². The van der Waals surface area contributed by atoms with E-state index in [0.717, 1.165) is 17.4 Å². The average Bonchev–Trinajstić information content (AvgIpc) is 2.62. The third-order valence-electron chi connectivity index (χ3n) is 4.02. The lowest BCUT2D eigenvalue weighted by Gasteiger charge is -2.19. The van der Waals surface area contributed by atoms with Gasteiger partial charge in [-0.25, -0.2) is 4.79 Å². The van der Waals surface area contributed by atoms with E-state index in [-0.39, 0.29) is 6.61 Å². The van der Waals surface area contributed by atoms with Crippen LogP contribution in [-0.2, 0) is 16.0 Å². The molecular formula is C19H22NO6-. The maximum absolute atomic E-state index is 11.9. The standard InChI is InChI=1S/C19H23NO6/c1-3-5-6-15(19(23)24)20-17(21)11-25-13-7-8-14-12(4-2)9-18(22)26-16(14)10-13/h7-10,15H,3-6,11H2,1-2H3,(H,20,21)(H,23,24)/p-1/t15-/m1/s1. The number of hydrogen-bond acceptors (Lipinski definition) is 6. The average molecular weight is 360 g/mol. The van der Waals surface area contributed by atoms with Gasteiger partial charge in [0, 0.05) is 17.5 Å². The predicted octanol–water partition coefficient (Wildman–Crippen LogP) is 1.16. The fourth-order valence-corrected chi connectivity index (χ4v) is 2.63. The van der Waals surface area contributed by atoms with E-state index in [4.69, 9.17) is 9.15 Å². The smallest absolute Gasteiger partial charge is 0.336 e. The molecule has 7 heteroatoms. The van der Waals surface area contributed by atoms with E-state index in [9.17, 15) is 19.5 Å². The third-order valence-corrected chi connectivity index (χ3v) is 4.02. The van der Waals surface area contributed by atoms with Gasteiger partial charge in [0.05, 0.1) is 12.0 Å². The van der Waals surface area contributed by atoms with Gasteiger partial charge in [-0.3, -0.25) is 4.79 Å². The van der Waals surface area contributed by atoms with Gasteiger partial charge in [0.15, 0.2) is 6.61 Å².